The molecule has 0 aliphatic heterocycles. The summed E-state index contributed by atoms with van der Waals surface area (Å²) < 4.78 is 0.962. The summed E-state index contributed by atoms with van der Waals surface area (Å²) in [7, 11) is 0. The van der Waals surface area contributed by atoms with E-state index in [9.17, 15) is 4.79 Å². The molecule has 1 aliphatic rings. The molecule has 1 aliphatic carbocycles. The molecule has 11 heavy (non-hydrogen) atoms. The Morgan fingerprint density at radius 1 is 1.45 bits per heavy atom. The molecular weight excluding hydrogens is 255 g/mol. The van der Waals surface area contributed by atoms with Gasteiger partial charge in [-0.2, -0.15) is 0 Å². The van der Waals surface area contributed by atoms with Crippen molar-refractivity contribution in [3.05, 3.63) is 0 Å². The standard InChI is InChI=1S/C8H13IO2/c9-6-5-8(7(10)11)3-1-2-4-8/h1-6H2,(H,10,11). The van der Waals surface area contributed by atoms with E-state index in [0.717, 1.165) is 36.5 Å². The van der Waals surface area contributed by atoms with Gasteiger partial charge in [-0.15, -0.1) is 0 Å². The molecule has 0 aromatic rings. The Morgan fingerprint density at radius 2 is 2.00 bits per heavy atom. The van der Waals surface area contributed by atoms with Crippen LogP contribution in [-0.4, -0.2) is 15.5 Å². The highest BCUT2D eigenvalue weighted by Crippen LogP contribution is 2.41. The number of hydrogen-bond donors (Lipinski definition) is 1. The summed E-state index contributed by atoms with van der Waals surface area (Å²) in [5.41, 5.74) is -0.346. The number of alkyl halides is 1. The van der Waals surface area contributed by atoms with E-state index in [1.54, 1.807) is 0 Å². The zero-order valence-electron chi connectivity index (χ0n) is 6.48. The van der Waals surface area contributed by atoms with E-state index < -0.39 is 5.97 Å². The molecule has 1 saturated carbocycles. The number of rotatable bonds is 3. The molecule has 0 heterocycles. The van der Waals surface area contributed by atoms with Crippen LogP contribution in [0, 0.1) is 5.41 Å². The second-order valence-electron chi connectivity index (χ2n) is 3.23. The zero-order valence-corrected chi connectivity index (χ0v) is 8.63. The predicted octanol–water partition coefficient (Wildman–Crippen LogP) is 2.46. The van der Waals surface area contributed by atoms with Gasteiger partial charge < -0.3 is 5.11 Å². The highest BCUT2D eigenvalue weighted by molar-refractivity contribution is 14.1. The minimum absolute atomic E-state index is 0.346. The van der Waals surface area contributed by atoms with E-state index in [-0.39, 0.29) is 5.41 Å². The van der Waals surface area contributed by atoms with Crippen molar-refractivity contribution in [3.63, 3.8) is 0 Å². The average Bonchev–Trinajstić information content (AvgIpc) is 2.38. The Labute approximate surface area is 80.5 Å². The van der Waals surface area contributed by atoms with Gasteiger partial charge in [0.15, 0.2) is 0 Å². The number of hydrogen-bond acceptors (Lipinski definition) is 1. The van der Waals surface area contributed by atoms with Crippen molar-refractivity contribution in [2.24, 2.45) is 5.41 Å². The Kier molecular flexibility index (Phi) is 3.16. The topological polar surface area (TPSA) is 37.3 Å². The average molecular weight is 268 g/mol. The van der Waals surface area contributed by atoms with Gasteiger partial charge >= 0.3 is 5.97 Å². The van der Waals surface area contributed by atoms with Gasteiger partial charge in [-0.1, -0.05) is 35.4 Å². The van der Waals surface area contributed by atoms with Gasteiger partial charge in [0.05, 0.1) is 5.41 Å². The molecule has 3 heteroatoms. The molecule has 0 atom stereocenters. The second-order valence-corrected chi connectivity index (χ2v) is 4.31. The molecule has 64 valence electrons. The largest absolute Gasteiger partial charge is 0.481 e. The molecule has 1 N–H and O–H groups in total. The van der Waals surface area contributed by atoms with Crippen molar-refractivity contribution < 1.29 is 9.90 Å². The lowest BCUT2D eigenvalue weighted by atomic mass is 9.84. The molecule has 0 aromatic carbocycles. The molecule has 0 bridgehead atoms. The van der Waals surface area contributed by atoms with Crippen molar-refractivity contribution in [2.45, 2.75) is 32.1 Å². The fourth-order valence-electron chi connectivity index (χ4n) is 1.80. The van der Waals surface area contributed by atoms with Crippen LogP contribution in [0.25, 0.3) is 0 Å². The Hall–Kier alpha value is 0.200. The first kappa shape index (κ1) is 9.29. The van der Waals surface area contributed by atoms with Gasteiger partial charge in [0.1, 0.15) is 0 Å². The van der Waals surface area contributed by atoms with E-state index in [0.29, 0.717) is 0 Å². The molecule has 1 rings (SSSR count). The van der Waals surface area contributed by atoms with E-state index in [1.807, 2.05) is 0 Å². The van der Waals surface area contributed by atoms with Crippen LogP contribution >= 0.6 is 22.6 Å². The number of aliphatic carboxylic acids is 1. The summed E-state index contributed by atoms with van der Waals surface area (Å²) >= 11 is 2.26. The molecule has 0 radical (unpaired) electrons. The minimum Gasteiger partial charge on any atom is -0.481 e. The molecule has 2 nitrogen and oxygen atoms in total. The van der Waals surface area contributed by atoms with Gasteiger partial charge in [0, 0.05) is 4.43 Å². The first-order valence-electron chi connectivity index (χ1n) is 4.01. The van der Waals surface area contributed by atoms with Gasteiger partial charge in [0.25, 0.3) is 0 Å². The molecule has 1 fully saturated rings. The van der Waals surface area contributed by atoms with Gasteiger partial charge in [-0.05, 0) is 19.3 Å². The normalized spacial score (nSPS) is 21.9. The van der Waals surface area contributed by atoms with Crippen LogP contribution in [-0.2, 0) is 4.79 Å². The van der Waals surface area contributed by atoms with Crippen LogP contribution in [0.2, 0.25) is 0 Å². The first-order valence-corrected chi connectivity index (χ1v) is 5.53. The maximum Gasteiger partial charge on any atom is 0.309 e. The Morgan fingerprint density at radius 3 is 2.36 bits per heavy atom. The van der Waals surface area contributed by atoms with Crippen molar-refractivity contribution in [1.82, 2.24) is 0 Å². The second kappa shape index (κ2) is 3.74. The van der Waals surface area contributed by atoms with Crippen molar-refractivity contribution in [3.8, 4) is 0 Å². The predicted molar refractivity (Wildman–Crippen MR) is 52.0 cm³/mol. The Bertz CT molecular complexity index is 150. The van der Waals surface area contributed by atoms with Crippen molar-refractivity contribution in [2.75, 3.05) is 4.43 Å². The summed E-state index contributed by atoms with van der Waals surface area (Å²) in [5, 5.41) is 8.99. The van der Waals surface area contributed by atoms with Gasteiger partial charge in [-0.3, -0.25) is 4.79 Å². The Balaban J connectivity index is 2.62. The fourth-order valence-corrected chi connectivity index (χ4v) is 2.84. The van der Waals surface area contributed by atoms with Crippen molar-refractivity contribution in [1.29, 1.82) is 0 Å². The third-order valence-corrected chi connectivity index (χ3v) is 3.13. The monoisotopic (exact) mass is 268 g/mol. The first-order chi connectivity index (χ1) is 5.21. The highest BCUT2D eigenvalue weighted by atomic mass is 127. The lowest BCUT2D eigenvalue weighted by Gasteiger charge is -2.21. The van der Waals surface area contributed by atoms with E-state index >= 15 is 0 Å². The smallest absolute Gasteiger partial charge is 0.309 e. The molecule has 0 unspecified atom stereocenters. The van der Waals surface area contributed by atoms with Crippen LogP contribution < -0.4 is 0 Å². The number of carboxylic acids is 1. The summed E-state index contributed by atoms with van der Waals surface area (Å²) in [5.74, 6) is -0.577. The van der Waals surface area contributed by atoms with Crippen LogP contribution in [0.5, 0.6) is 0 Å². The quantitative estimate of drug-likeness (QED) is 0.630. The van der Waals surface area contributed by atoms with Crippen LogP contribution in [0.3, 0.4) is 0 Å². The van der Waals surface area contributed by atoms with Gasteiger partial charge in [0.2, 0.25) is 0 Å². The van der Waals surface area contributed by atoms with E-state index in [1.165, 1.54) is 0 Å². The molecule has 0 saturated heterocycles. The molecule has 0 aromatic heterocycles. The summed E-state index contributed by atoms with van der Waals surface area (Å²) in [6, 6.07) is 0. The highest BCUT2D eigenvalue weighted by Gasteiger charge is 2.40. The summed E-state index contributed by atoms with van der Waals surface area (Å²) in [4.78, 5) is 10.9. The molecule has 0 amide bonds. The lowest BCUT2D eigenvalue weighted by molar-refractivity contribution is -0.148. The summed E-state index contributed by atoms with van der Waals surface area (Å²) in [6.45, 7) is 0. The van der Waals surface area contributed by atoms with Crippen molar-refractivity contribution >= 4 is 28.6 Å². The van der Waals surface area contributed by atoms with Crippen LogP contribution in [0.1, 0.15) is 32.1 Å². The zero-order chi connectivity index (χ0) is 8.32. The van der Waals surface area contributed by atoms with E-state index in [4.69, 9.17) is 5.11 Å². The maximum absolute atomic E-state index is 10.9. The SMILES string of the molecule is O=C(O)C1(CCI)CCCC1. The molecule has 0 spiro atoms. The van der Waals surface area contributed by atoms with Crippen LogP contribution in [0.4, 0.5) is 0 Å². The summed E-state index contributed by atoms with van der Waals surface area (Å²) in [6.07, 6.45) is 4.84. The van der Waals surface area contributed by atoms with Crippen LogP contribution in [0.15, 0.2) is 0 Å². The lowest BCUT2D eigenvalue weighted by Crippen LogP contribution is -2.27. The number of halogens is 1. The van der Waals surface area contributed by atoms with E-state index in [2.05, 4.69) is 22.6 Å². The maximum atomic E-state index is 10.9. The minimum atomic E-state index is -0.577. The number of carbonyl (C=O) groups is 1. The van der Waals surface area contributed by atoms with Gasteiger partial charge in [-0.25, -0.2) is 0 Å². The third kappa shape index (κ3) is 1.86. The fraction of sp³-hybridized carbons (Fsp3) is 0.875. The molecular formula is C8H13IO2. The number of carboxylic acid groups (broad SMARTS) is 1. The third-order valence-electron chi connectivity index (χ3n) is 2.59.